The van der Waals surface area contributed by atoms with Crippen LogP contribution < -0.4 is 0 Å². The molecule has 0 aliphatic carbocycles. The predicted molar refractivity (Wildman–Crippen MR) is 53.4 cm³/mol. The third-order valence-corrected chi connectivity index (χ3v) is 16.1. The van der Waals surface area contributed by atoms with Crippen molar-refractivity contribution < 1.29 is 7.57 Å². The molecule has 5 heteroatoms. The Kier molecular flexibility index (Phi) is 10.6. The molecule has 0 amide bonds. The monoisotopic (exact) mass is 402 g/mol. The van der Waals surface area contributed by atoms with Gasteiger partial charge < -0.3 is 0 Å². The first kappa shape index (κ1) is 14.2. The summed E-state index contributed by atoms with van der Waals surface area (Å²) in [7, 11) is 0. The number of hydrogen-bond acceptors (Lipinski definition) is 3. The molecule has 0 atom stereocenters. The van der Waals surface area contributed by atoms with Crippen LogP contribution in [0, 0.1) is 0 Å². The van der Waals surface area contributed by atoms with E-state index in [1.165, 1.54) is 0 Å². The van der Waals surface area contributed by atoms with E-state index in [0.29, 0.717) is 8.87 Å². The molecule has 0 aromatic heterocycles. The van der Waals surface area contributed by atoms with Gasteiger partial charge in [0, 0.05) is 0 Å². The summed E-state index contributed by atoms with van der Waals surface area (Å²) in [5.41, 5.74) is 0. The van der Waals surface area contributed by atoms with Gasteiger partial charge in [0.15, 0.2) is 0 Å². The van der Waals surface area contributed by atoms with E-state index in [0.717, 1.165) is 25.7 Å². The van der Waals surface area contributed by atoms with Crippen molar-refractivity contribution in [1.82, 2.24) is 0 Å². The predicted octanol–water partition coefficient (Wildman–Crippen LogP) is 2.44. The Labute approximate surface area is 95.6 Å². The van der Waals surface area contributed by atoms with E-state index in [9.17, 15) is 6.15 Å². The summed E-state index contributed by atoms with van der Waals surface area (Å²) in [4.78, 5) is 0. The average molecular weight is 400 g/mol. The van der Waals surface area contributed by atoms with Crippen LogP contribution >= 0.6 is 0 Å². The zero-order valence-electron chi connectivity index (χ0n) is 8.47. The molecular formula is C8H18O3Sn2. The van der Waals surface area contributed by atoms with Crippen molar-refractivity contribution in [2.75, 3.05) is 0 Å². The Hall–Kier alpha value is 1.16. The van der Waals surface area contributed by atoms with Crippen LogP contribution in [0.3, 0.4) is 0 Å². The number of rotatable bonds is 8. The second-order valence-electron chi connectivity index (χ2n) is 3.05. The van der Waals surface area contributed by atoms with Crippen molar-refractivity contribution in [2.45, 2.75) is 48.4 Å². The Morgan fingerprint density at radius 1 is 0.923 bits per heavy atom. The maximum absolute atomic E-state index is 11.3. The summed E-state index contributed by atoms with van der Waals surface area (Å²) in [6, 6.07) is 0. The zero-order chi connectivity index (χ0) is 10.1. The molecule has 0 aromatic carbocycles. The molecule has 0 bridgehead atoms. The third-order valence-electron chi connectivity index (χ3n) is 1.70. The van der Waals surface area contributed by atoms with Crippen LogP contribution in [0.5, 0.6) is 0 Å². The van der Waals surface area contributed by atoms with Crippen LogP contribution in [-0.4, -0.2) is 40.3 Å². The maximum atomic E-state index is 11.3. The summed E-state index contributed by atoms with van der Waals surface area (Å²) >= 11 is -5.65. The fourth-order valence-corrected chi connectivity index (χ4v) is 14.6. The number of unbranched alkanes of at least 4 members (excludes halogenated alkanes) is 2. The van der Waals surface area contributed by atoms with Crippen molar-refractivity contribution >= 4 is 40.3 Å². The van der Waals surface area contributed by atoms with Crippen LogP contribution in [0.2, 0.25) is 8.87 Å². The molecule has 0 spiro atoms. The molecule has 0 aliphatic heterocycles. The average Bonchev–Trinajstić information content (AvgIpc) is 2.11. The van der Waals surface area contributed by atoms with E-state index in [1.807, 2.05) is 0 Å². The van der Waals surface area contributed by atoms with E-state index in [1.54, 1.807) is 0 Å². The van der Waals surface area contributed by atoms with E-state index in [-0.39, 0.29) is 0 Å². The molecule has 0 aromatic rings. The van der Waals surface area contributed by atoms with Gasteiger partial charge in [0.2, 0.25) is 0 Å². The van der Waals surface area contributed by atoms with Gasteiger partial charge in [0.1, 0.15) is 0 Å². The molecule has 0 aliphatic rings. The molecule has 0 fully saturated rings. The van der Waals surface area contributed by atoms with Gasteiger partial charge in [-0.25, -0.2) is 0 Å². The molecular weight excluding hydrogens is 382 g/mol. The first-order chi connectivity index (χ1) is 6.20. The Bertz CT molecular complexity index is 153. The van der Waals surface area contributed by atoms with Crippen molar-refractivity contribution in [2.24, 2.45) is 0 Å². The molecule has 0 saturated heterocycles. The van der Waals surface area contributed by atoms with Gasteiger partial charge in [0.05, 0.1) is 0 Å². The fourth-order valence-electron chi connectivity index (χ4n) is 0.871. The minimum absolute atomic E-state index is 0.706. The summed E-state index contributed by atoms with van der Waals surface area (Å²) in [5, 5.41) is 0. The van der Waals surface area contributed by atoms with Crippen molar-refractivity contribution in [3.8, 4) is 0 Å². The zero-order valence-corrected chi connectivity index (χ0v) is 14.2. The molecule has 0 rings (SSSR count). The Balaban J connectivity index is 3.47. The minimum atomic E-state index is -2.82. The molecule has 0 saturated carbocycles. The number of hydrogen-bond donors (Lipinski definition) is 0. The van der Waals surface area contributed by atoms with E-state index >= 15 is 0 Å². The van der Waals surface area contributed by atoms with Gasteiger partial charge in [-0.05, 0) is 0 Å². The van der Waals surface area contributed by atoms with Crippen LogP contribution in [0.25, 0.3) is 0 Å². The second-order valence-corrected chi connectivity index (χ2v) is 14.6. The standard InChI is InChI=1S/2C4H9.3O.2Sn/c2*1-3-4-2;;;;;/h2*1,3-4H2,2H3;;;;;. The third kappa shape index (κ3) is 9.46. The van der Waals surface area contributed by atoms with Crippen LogP contribution in [-0.2, 0) is 7.57 Å². The normalized spacial score (nSPS) is 10.0. The van der Waals surface area contributed by atoms with Gasteiger partial charge in [0.25, 0.3) is 0 Å². The second kappa shape index (κ2) is 9.70. The first-order valence-electron chi connectivity index (χ1n) is 4.94. The Morgan fingerprint density at radius 3 is 1.62 bits per heavy atom. The SMILES string of the molecule is CCC[CH2][Sn](=[O])[O][Sn](=[O])[CH2]CCC. The van der Waals surface area contributed by atoms with Crippen molar-refractivity contribution in [1.29, 1.82) is 0 Å². The molecule has 0 heterocycles. The molecule has 0 radical (unpaired) electrons. The Morgan fingerprint density at radius 2 is 1.31 bits per heavy atom. The first-order valence-corrected chi connectivity index (χ1v) is 13.6. The summed E-state index contributed by atoms with van der Waals surface area (Å²) < 4.78 is 29.1. The van der Waals surface area contributed by atoms with Gasteiger partial charge in [-0.15, -0.1) is 0 Å². The van der Waals surface area contributed by atoms with Gasteiger partial charge in [-0.2, -0.15) is 0 Å². The summed E-state index contributed by atoms with van der Waals surface area (Å²) in [6.07, 6.45) is 4.01. The van der Waals surface area contributed by atoms with Gasteiger partial charge in [-0.1, -0.05) is 0 Å². The molecule has 0 unspecified atom stereocenters. The summed E-state index contributed by atoms with van der Waals surface area (Å²) in [6.45, 7) is 4.12. The fraction of sp³-hybridized carbons (Fsp3) is 1.00. The topological polar surface area (TPSA) is 43.4 Å². The van der Waals surface area contributed by atoms with Crippen LogP contribution in [0.1, 0.15) is 39.5 Å². The van der Waals surface area contributed by atoms with Crippen molar-refractivity contribution in [3.63, 3.8) is 0 Å². The summed E-state index contributed by atoms with van der Waals surface area (Å²) in [5.74, 6) is 0. The quantitative estimate of drug-likeness (QED) is 0.589. The van der Waals surface area contributed by atoms with Gasteiger partial charge in [-0.3, -0.25) is 0 Å². The van der Waals surface area contributed by atoms with Crippen LogP contribution in [0.15, 0.2) is 0 Å². The van der Waals surface area contributed by atoms with E-state index in [4.69, 9.17) is 1.41 Å². The molecule has 3 nitrogen and oxygen atoms in total. The van der Waals surface area contributed by atoms with Gasteiger partial charge >= 0.3 is 96.3 Å². The van der Waals surface area contributed by atoms with Crippen LogP contribution in [0.4, 0.5) is 0 Å². The molecule has 13 heavy (non-hydrogen) atoms. The van der Waals surface area contributed by atoms with E-state index in [2.05, 4.69) is 13.8 Å². The van der Waals surface area contributed by atoms with Crippen molar-refractivity contribution in [3.05, 3.63) is 0 Å². The van der Waals surface area contributed by atoms with E-state index < -0.39 is 40.3 Å². The molecule has 76 valence electrons. The molecule has 0 N–H and O–H groups in total.